The molecule has 0 radical (unpaired) electrons. The van der Waals surface area contributed by atoms with Crippen LogP contribution in [0, 0.1) is 0 Å². The van der Waals surface area contributed by atoms with Crippen molar-refractivity contribution < 1.29 is 22.4 Å². The van der Waals surface area contributed by atoms with Crippen molar-refractivity contribution in [1.82, 2.24) is 20.4 Å². The van der Waals surface area contributed by atoms with Gasteiger partial charge in [0.1, 0.15) is 12.6 Å². The van der Waals surface area contributed by atoms with E-state index in [0.29, 0.717) is 37.4 Å². The molecule has 0 aliphatic carbocycles. The lowest BCUT2D eigenvalue weighted by molar-refractivity contribution is -0.137. The summed E-state index contributed by atoms with van der Waals surface area (Å²) in [5, 5.41) is 7.03. The lowest BCUT2D eigenvalue weighted by Crippen LogP contribution is -2.38. The molecular formula is C19H26F3N5O2. The van der Waals surface area contributed by atoms with Crippen LogP contribution in [0.15, 0.2) is 33.8 Å². The van der Waals surface area contributed by atoms with E-state index >= 15 is 0 Å². The number of hydrogen-bond acceptors (Lipinski definition) is 5. The number of nitrogens with one attached hydrogen (secondary N) is 1. The third-order valence-electron chi connectivity index (χ3n) is 4.03. The first-order chi connectivity index (χ1) is 13.7. The summed E-state index contributed by atoms with van der Waals surface area (Å²) in [5.74, 6) is 1.38. The molecule has 0 spiro atoms. The minimum atomic E-state index is -4.34. The Balaban J connectivity index is 2.04. The molecule has 2 aromatic rings. The Morgan fingerprint density at radius 1 is 1.28 bits per heavy atom. The third kappa shape index (κ3) is 6.74. The highest BCUT2D eigenvalue weighted by Crippen LogP contribution is 2.29. The largest absolute Gasteiger partial charge is 0.416 e. The Morgan fingerprint density at radius 2 is 1.97 bits per heavy atom. The molecule has 2 rings (SSSR count). The van der Waals surface area contributed by atoms with E-state index in [4.69, 9.17) is 9.26 Å². The van der Waals surface area contributed by atoms with Crippen molar-refractivity contribution in [2.75, 3.05) is 20.2 Å². The van der Waals surface area contributed by atoms with E-state index in [0.717, 1.165) is 17.7 Å². The van der Waals surface area contributed by atoms with Gasteiger partial charge in [-0.1, -0.05) is 17.3 Å². The van der Waals surface area contributed by atoms with Gasteiger partial charge in [-0.15, -0.1) is 0 Å². The minimum absolute atomic E-state index is 0.172. The molecule has 29 heavy (non-hydrogen) atoms. The zero-order valence-electron chi connectivity index (χ0n) is 17.0. The molecule has 1 aromatic carbocycles. The second-order valence-corrected chi connectivity index (χ2v) is 6.36. The molecule has 160 valence electrons. The van der Waals surface area contributed by atoms with Crippen molar-refractivity contribution in [3.8, 4) is 0 Å². The number of nitrogens with zero attached hydrogens (tertiary/aromatic N) is 4. The third-order valence-corrected chi connectivity index (χ3v) is 4.03. The second kappa shape index (κ2) is 10.2. The van der Waals surface area contributed by atoms with Crippen LogP contribution in [0.2, 0.25) is 0 Å². The zero-order chi connectivity index (χ0) is 21.4. The average molecular weight is 413 g/mol. The summed E-state index contributed by atoms with van der Waals surface area (Å²) in [6.07, 6.45) is -4.61. The smallest absolute Gasteiger partial charge is 0.371 e. The second-order valence-electron chi connectivity index (χ2n) is 6.36. The first-order valence-electron chi connectivity index (χ1n) is 9.34. The molecule has 1 unspecified atom stereocenters. The van der Waals surface area contributed by atoms with Crippen molar-refractivity contribution in [2.24, 2.45) is 4.99 Å². The van der Waals surface area contributed by atoms with Gasteiger partial charge in [-0.25, -0.2) is 4.99 Å². The SMILES string of the molecule is CCNC(=NCc1nc(C(C)OCC)no1)N(C)Cc1ccc(C(F)(F)F)cc1. The molecule has 1 atom stereocenters. The summed E-state index contributed by atoms with van der Waals surface area (Å²) in [5.41, 5.74) is 0.0645. The zero-order valence-corrected chi connectivity index (χ0v) is 17.0. The summed E-state index contributed by atoms with van der Waals surface area (Å²) in [6, 6.07) is 5.07. The van der Waals surface area contributed by atoms with Gasteiger partial charge >= 0.3 is 6.18 Å². The van der Waals surface area contributed by atoms with Crippen LogP contribution in [0.4, 0.5) is 13.2 Å². The number of aromatic nitrogens is 2. The van der Waals surface area contributed by atoms with E-state index < -0.39 is 11.7 Å². The first-order valence-corrected chi connectivity index (χ1v) is 9.34. The molecule has 1 heterocycles. The molecule has 0 saturated carbocycles. The fraction of sp³-hybridized carbons (Fsp3) is 0.526. The summed E-state index contributed by atoms with van der Waals surface area (Å²) < 4.78 is 48.7. The van der Waals surface area contributed by atoms with Gasteiger partial charge in [-0.05, 0) is 38.5 Å². The van der Waals surface area contributed by atoms with Crippen LogP contribution >= 0.6 is 0 Å². The monoisotopic (exact) mass is 413 g/mol. The Labute approximate surface area is 168 Å². The van der Waals surface area contributed by atoms with Crippen LogP contribution in [0.5, 0.6) is 0 Å². The molecule has 0 fully saturated rings. The number of ether oxygens (including phenoxy) is 1. The predicted octanol–water partition coefficient (Wildman–Crippen LogP) is 3.78. The topological polar surface area (TPSA) is 75.8 Å². The van der Waals surface area contributed by atoms with E-state index in [1.807, 2.05) is 25.7 Å². The number of alkyl halides is 3. The predicted molar refractivity (Wildman–Crippen MR) is 102 cm³/mol. The van der Waals surface area contributed by atoms with E-state index in [1.54, 1.807) is 7.05 Å². The van der Waals surface area contributed by atoms with Crippen LogP contribution in [-0.4, -0.2) is 41.2 Å². The van der Waals surface area contributed by atoms with Gasteiger partial charge in [0.05, 0.1) is 5.56 Å². The van der Waals surface area contributed by atoms with Crippen molar-refractivity contribution in [3.63, 3.8) is 0 Å². The highest BCUT2D eigenvalue weighted by atomic mass is 19.4. The minimum Gasteiger partial charge on any atom is -0.371 e. The highest BCUT2D eigenvalue weighted by molar-refractivity contribution is 5.79. The number of aliphatic imine (C=N–C) groups is 1. The van der Waals surface area contributed by atoms with Gasteiger partial charge in [0, 0.05) is 26.7 Å². The maximum absolute atomic E-state index is 12.7. The number of guanidine groups is 1. The van der Waals surface area contributed by atoms with Crippen molar-refractivity contribution in [3.05, 3.63) is 47.1 Å². The van der Waals surface area contributed by atoms with E-state index in [2.05, 4.69) is 20.4 Å². The van der Waals surface area contributed by atoms with Crippen molar-refractivity contribution in [2.45, 2.75) is 46.1 Å². The number of rotatable bonds is 8. The van der Waals surface area contributed by atoms with E-state index in [-0.39, 0.29) is 12.6 Å². The summed E-state index contributed by atoms with van der Waals surface area (Å²) >= 11 is 0. The molecule has 1 N–H and O–H groups in total. The van der Waals surface area contributed by atoms with E-state index in [9.17, 15) is 13.2 Å². The van der Waals surface area contributed by atoms with Gasteiger partial charge in [0.25, 0.3) is 0 Å². The van der Waals surface area contributed by atoms with Crippen molar-refractivity contribution in [1.29, 1.82) is 0 Å². The molecule has 0 bridgehead atoms. The molecule has 0 saturated heterocycles. The lowest BCUT2D eigenvalue weighted by atomic mass is 10.1. The normalized spacial score (nSPS) is 13.4. The average Bonchev–Trinajstić information content (AvgIpc) is 3.14. The van der Waals surface area contributed by atoms with E-state index in [1.165, 1.54) is 12.1 Å². The van der Waals surface area contributed by atoms with Gasteiger partial charge in [-0.3, -0.25) is 0 Å². The Bertz CT molecular complexity index is 790. The summed E-state index contributed by atoms with van der Waals surface area (Å²) in [7, 11) is 1.80. The fourth-order valence-electron chi connectivity index (χ4n) is 2.58. The number of benzene rings is 1. The van der Waals surface area contributed by atoms with Gasteiger partial charge in [0.15, 0.2) is 11.8 Å². The molecule has 7 nitrogen and oxygen atoms in total. The summed E-state index contributed by atoms with van der Waals surface area (Å²) in [4.78, 5) is 10.6. The number of halogens is 3. The molecular weight excluding hydrogens is 387 g/mol. The molecule has 10 heteroatoms. The van der Waals surface area contributed by atoms with Gasteiger partial charge in [-0.2, -0.15) is 18.2 Å². The highest BCUT2D eigenvalue weighted by Gasteiger charge is 2.29. The van der Waals surface area contributed by atoms with Crippen LogP contribution in [0.1, 0.15) is 49.7 Å². The molecule has 0 aliphatic rings. The molecule has 1 aromatic heterocycles. The van der Waals surface area contributed by atoms with Crippen molar-refractivity contribution >= 4 is 5.96 Å². The fourth-order valence-corrected chi connectivity index (χ4v) is 2.58. The standard InChI is InChI=1S/C19H26F3N5O2/c1-5-23-18(24-11-16-25-17(26-29-16)13(3)28-6-2)27(4)12-14-7-9-15(10-8-14)19(20,21)22/h7-10,13H,5-6,11-12H2,1-4H3,(H,23,24). The van der Waals surface area contributed by atoms with Gasteiger partial charge in [0.2, 0.25) is 5.89 Å². The quantitative estimate of drug-likeness (QED) is 0.524. The van der Waals surface area contributed by atoms with Crippen LogP contribution in [0.3, 0.4) is 0 Å². The van der Waals surface area contributed by atoms with Crippen LogP contribution < -0.4 is 5.32 Å². The van der Waals surface area contributed by atoms with Crippen LogP contribution in [0.25, 0.3) is 0 Å². The summed E-state index contributed by atoms with van der Waals surface area (Å²) in [6.45, 7) is 7.39. The van der Waals surface area contributed by atoms with Gasteiger partial charge < -0.3 is 19.5 Å². The Hall–Kier alpha value is -2.62. The first kappa shape index (κ1) is 22.7. The molecule has 0 amide bonds. The maximum atomic E-state index is 12.7. The van der Waals surface area contributed by atoms with Crippen LogP contribution in [-0.2, 0) is 24.0 Å². The maximum Gasteiger partial charge on any atom is 0.416 e. The Kier molecular flexibility index (Phi) is 8.00. The lowest BCUT2D eigenvalue weighted by Gasteiger charge is -2.22. The Morgan fingerprint density at radius 3 is 2.55 bits per heavy atom. The number of hydrogen-bond donors (Lipinski definition) is 1. The molecule has 0 aliphatic heterocycles.